The van der Waals surface area contributed by atoms with Crippen LogP contribution in [0.1, 0.15) is 5.56 Å². The molecule has 0 amide bonds. The molecule has 0 aromatic heterocycles. The fourth-order valence-electron chi connectivity index (χ4n) is 1.57. The van der Waals surface area contributed by atoms with Crippen molar-refractivity contribution in [1.29, 1.82) is 0 Å². The molecular formula is C13H10Cl2FNO3S. The van der Waals surface area contributed by atoms with Gasteiger partial charge in [0.05, 0.1) is 14.9 Å². The zero-order chi connectivity index (χ0) is 15.6. The molecule has 2 rings (SSSR count). The number of hydrogen-bond acceptors (Lipinski definition) is 3. The standard InChI is InChI=1S/C13H10Cl2FNO3S/c14-10-3-1-8(5-12(10)16)7-20-13-4-2-9(6-11(13)15)21(17,18)19/h1-6H,7H2,(H2,17,18,19). The van der Waals surface area contributed by atoms with Gasteiger partial charge in [0, 0.05) is 0 Å². The van der Waals surface area contributed by atoms with Crippen molar-refractivity contribution in [3.63, 3.8) is 0 Å². The maximum atomic E-state index is 13.3. The quantitative estimate of drug-likeness (QED) is 0.919. The summed E-state index contributed by atoms with van der Waals surface area (Å²) in [4.78, 5) is -0.114. The van der Waals surface area contributed by atoms with Gasteiger partial charge in [0.15, 0.2) is 0 Å². The zero-order valence-corrected chi connectivity index (χ0v) is 12.8. The first-order chi connectivity index (χ1) is 9.77. The van der Waals surface area contributed by atoms with Gasteiger partial charge in [0.25, 0.3) is 0 Å². The van der Waals surface area contributed by atoms with Gasteiger partial charge in [-0.3, -0.25) is 0 Å². The largest absolute Gasteiger partial charge is 0.487 e. The minimum Gasteiger partial charge on any atom is -0.487 e. The molecule has 0 aliphatic rings. The number of benzene rings is 2. The van der Waals surface area contributed by atoms with E-state index in [4.69, 9.17) is 33.1 Å². The summed E-state index contributed by atoms with van der Waals surface area (Å²) < 4.78 is 41.0. The lowest BCUT2D eigenvalue weighted by Gasteiger charge is -2.09. The molecule has 0 fully saturated rings. The Kier molecular flexibility index (Phi) is 4.73. The highest BCUT2D eigenvalue weighted by atomic mass is 35.5. The predicted octanol–water partition coefficient (Wildman–Crippen LogP) is 3.36. The van der Waals surface area contributed by atoms with Gasteiger partial charge in [-0.2, -0.15) is 0 Å². The molecule has 112 valence electrons. The van der Waals surface area contributed by atoms with E-state index >= 15 is 0 Å². The van der Waals surface area contributed by atoms with Crippen molar-refractivity contribution >= 4 is 33.2 Å². The van der Waals surface area contributed by atoms with E-state index < -0.39 is 15.8 Å². The zero-order valence-electron chi connectivity index (χ0n) is 10.5. The maximum absolute atomic E-state index is 13.3. The smallest absolute Gasteiger partial charge is 0.238 e. The molecule has 4 nitrogen and oxygen atoms in total. The topological polar surface area (TPSA) is 69.4 Å². The summed E-state index contributed by atoms with van der Waals surface area (Å²) in [7, 11) is -3.82. The molecule has 8 heteroatoms. The number of sulfonamides is 1. The third kappa shape index (κ3) is 4.07. The van der Waals surface area contributed by atoms with Crippen molar-refractivity contribution in [2.75, 3.05) is 0 Å². The van der Waals surface area contributed by atoms with Crippen molar-refractivity contribution in [2.24, 2.45) is 5.14 Å². The van der Waals surface area contributed by atoms with Crippen LogP contribution in [0.15, 0.2) is 41.3 Å². The van der Waals surface area contributed by atoms with E-state index in [9.17, 15) is 12.8 Å². The number of primary sulfonamides is 1. The Labute approximate surface area is 131 Å². The maximum Gasteiger partial charge on any atom is 0.238 e. The van der Waals surface area contributed by atoms with Crippen LogP contribution in [0.4, 0.5) is 4.39 Å². The van der Waals surface area contributed by atoms with Gasteiger partial charge >= 0.3 is 0 Å². The SMILES string of the molecule is NS(=O)(=O)c1ccc(OCc2ccc(Cl)c(F)c2)c(Cl)c1. The van der Waals surface area contributed by atoms with Crippen LogP contribution in [0.3, 0.4) is 0 Å². The third-order valence-electron chi connectivity index (χ3n) is 2.61. The highest BCUT2D eigenvalue weighted by Crippen LogP contribution is 2.28. The van der Waals surface area contributed by atoms with Crippen molar-refractivity contribution < 1.29 is 17.5 Å². The predicted molar refractivity (Wildman–Crippen MR) is 78.6 cm³/mol. The van der Waals surface area contributed by atoms with Crippen molar-refractivity contribution in [3.8, 4) is 5.75 Å². The monoisotopic (exact) mass is 349 g/mol. The van der Waals surface area contributed by atoms with Crippen LogP contribution in [-0.4, -0.2) is 8.42 Å². The Morgan fingerprint density at radius 1 is 1.10 bits per heavy atom. The molecular weight excluding hydrogens is 340 g/mol. The van der Waals surface area contributed by atoms with Crippen molar-refractivity contribution in [2.45, 2.75) is 11.5 Å². The molecule has 0 radical (unpaired) electrons. The van der Waals surface area contributed by atoms with Crippen LogP contribution in [-0.2, 0) is 16.6 Å². The number of rotatable bonds is 4. The van der Waals surface area contributed by atoms with E-state index in [0.717, 1.165) is 0 Å². The van der Waals surface area contributed by atoms with E-state index in [2.05, 4.69) is 0 Å². The van der Waals surface area contributed by atoms with E-state index in [1.807, 2.05) is 0 Å². The van der Waals surface area contributed by atoms with Crippen molar-refractivity contribution in [1.82, 2.24) is 0 Å². The number of ether oxygens (including phenoxy) is 1. The third-order valence-corrected chi connectivity index (χ3v) is 4.12. The summed E-state index contributed by atoms with van der Waals surface area (Å²) >= 11 is 11.5. The van der Waals surface area contributed by atoms with Crippen LogP contribution in [0.5, 0.6) is 5.75 Å². The van der Waals surface area contributed by atoms with E-state index in [-0.39, 0.29) is 27.3 Å². The number of hydrogen-bond donors (Lipinski definition) is 1. The lowest BCUT2D eigenvalue weighted by Crippen LogP contribution is -2.12. The normalized spacial score (nSPS) is 11.4. The van der Waals surface area contributed by atoms with Gasteiger partial charge < -0.3 is 4.74 Å². The first-order valence-electron chi connectivity index (χ1n) is 5.66. The van der Waals surface area contributed by atoms with Crippen LogP contribution in [0.25, 0.3) is 0 Å². The molecule has 0 saturated heterocycles. The molecule has 0 aliphatic carbocycles. The Bertz CT molecular complexity index is 781. The van der Waals surface area contributed by atoms with Crippen molar-refractivity contribution in [3.05, 3.63) is 57.8 Å². The van der Waals surface area contributed by atoms with Crippen LogP contribution >= 0.6 is 23.2 Å². The lowest BCUT2D eigenvalue weighted by atomic mass is 10.2. The molecule has 2 aromatic carbocycles. The molecule has 0 unspecified atom stereocenters. The van der Waals surface area contributed by atoms with Gasteiger partial charge in [-0.15, -0.1) is 0 Å². The van der Waals surface area contributed by atoms with E-state index in [0.29, 0.717) is 5.56 Å². The molecule has 0 heterocycles. The Morgan fingerprint density at radius 2 is 1.81 bits per heavy atom. The summed E-state index contributed by atoms with van der Waals surface area (Å²) in [6, 6.07) is 8.12. The first kappa shape index (κ1) is 16.0. The second kappa shape index (κ2) is 6.19. The van der Waals surface area contributed by atoms with Crippen LogP contribution in [0.2, 0.25) is 10.0 Å². The van der Waals surface area contributed by atoms with Gasteiger partial charge in [0.2, 0.25) is 10.0 Å². The summed E-state index contributed by atoms with van der Waals surface area (Å²) in [5.74, 6) is -0.284. The Morgan fingerprint density at radius 3 is 2.38 bits per heavy atom. The molecule has 0 atom stereocenters. The average molecular weight is 350 g/mol. The minimum atomic E-state index is -3.82. The molecule has 2 N–H and O–H groups in total. The number of halogens is 3. The fourth-order valence-corrected chi connectivity index (χ4v) is 2.52. The summed E-state index contributed by atoms with van der Waals surface area (Å²) in [6.07, 6.45) is 0. The highest BCUT2D eigenvalue weighted by molar-refractivity contribution is 7.89. The van der Waals surface area contributed by atoms with Gasteiger partial charge in [-0.25, -0.2) is 17.9 Å². The highest BCUT2D eigenvalue weighted by Gasteiger charge is 2.11. The van der Waals surface area contributed by atoms with Crippen LogP contribution < -0.4 is 9.88 Å². The Balaban J connectivity index is 2.15. The second-order valence-corrected chi connectivity index (χ2v) is 6.55. The van der Waals surface area contributed by atoms with Crippen LogP contribution in [0, 0.1) is 5.82 Å². The lowest BCUT2D eigenvalue weighted by molar-refractivity contribution is 0.305. The average Bonchev–Trinajstić information content (AvgIpc) is 2.40. The molecule has 21 heavy (non-hydrogen) atoms. The fraction of sp³-hybridized carbons (Fsp3) is 0.0769. The van der Waals surface area contributed by atoms with Gasteiger partial charge in [0.1, 0.15) is 18.2 Å². The molecule has 0 spiro atoms. The van der Waals surface area contributed by atoms with E-state index in [1.165, 1.54) is 30.3 Å². The second-order valence-electron chi connectivity index (χ2n) is 4.17. The molecule has 0 saturated carbocycles. The summed E-state index contributed by atoms with van der Waals surface area (Å²) in [5.41, 5.74) is 0.559. The molecule has 0 bridgehead atoms. The van der Waals surface area contributed by atoms with Gasteiger partial charge in [-0.1, -0.05) is 29.3 Å². The summed E-state index contributed by atoms with van der Waals surface area (Å²) in [6.45, 7) is 0.0581. The summed E-state index contributed by atoms with van der Waals surface area (Å²) in [5, 5.41) is 5.11. The first-order valence-corrected chi connectivity index (χ1v) is 7.96. The Hall–Kier alpha value is -1.34. The van der Waals surface area contributed by atoms with Gasteiger partial charge in [-0.05, 0) is 35.9 Å². The number of nitrogens with two attached hydrogens (primary N) is 1. The molecule has 2 aromatic rings. The minimum absolute atomic E-state index is 0.0225. The van der Waals surface area contributed by atoms with E-state index in [1.54, 1.807) is 6.07 Å². The molecule has 0 aliphatic heterocycles.